The molecule has 0 saturated carbocycles. The third-order valence-corrected chi connectivity index (χ3v) is 3.31. The first-order valence-electron chi connectivity index (χ1n) is 6.42. The summed E-state index contributed by atoms with van der Waals surface area (Å²) < 4.78 is 0. The maximum Gasteiger partial charge on any atom is 0.321 e. The van der Waals surface area contributed by atoms with Crippen molar-refractivity contribution in [2.24, 2.45) is 0 Å². The third kappa shape index (κ3) is 2.82. The Hall–Kier alpha value is -1.55. The number of anilines is 1. The fourth-order valence-corrected chi connectivity index (χ4v) is 2.43. The van der Waals surface area contributed by atoms with Crippen LogP contribution in [-0.2, 0) is 0 Å². The molecule has 1 heterocycles. The van der Waals surface area contributed by atoms with Gasteiger partial charge in [0.2, 0.25) is 0 Å². The van der Waals surface area contributed by atoms with Crippen molar-refractivity contribution >= 4 is 11.7 Å². The number of amides is 2. The van der Waals surface area contributed by atoms with Crippen LogP contribution in [0.2, 0.25) is 0 Å². The lowest BCUT2D eigenvalue weighted by Gasteiger charge is -2.28. The van der Waals surface area contributed by atoms with Gasteiger partial charge in [0.15, 0.2) is 0 Å². The molecule has 1 fully saturated rings. The molecule has 1 aliphatic rings. The van der Waals surface area contributed by atoms with Gasteiger partial charge in [-0.1, -0.05) is 17.7 Å². The van der Waals surface area contributed by atoms with E-state index in [0.717, 1.165) is 43.0 Å². The monoisotopic (exact) mass is 247 g/mol. The molecule has 1 aliphatic heterocycles. The highest BCUT2D eigenvalue weighted by molar-refractivity contribution is 5.91. The molecule has 98 valence electrons. The number of rotatable bonds is 1. The van der Waals surface area contributed by atoms with Gasteiger partial charge in [0.1, 0.15) is 0 Å². The van der Waals surface area contributed by atoms with Crippen molar-refractivity contribution in [1.29, 1.82) is 0 Å². The molecule has 1 aromatic rings. The lowest BCUT2D eigenvalue weighted by atomic mass is 10.1. The number of piperazine rings is 1. The Morgan fingerprint density at radius 1 is 1.17 bits per heavy atom. The summed E-state index contributed by atoms with van der Waals surface area (Å²) in [5, 5.41) is 6.28. The third-order valence-electron chi connectivity index (χ3n) is 3.31. The van der Waals surface area contributed by atoms with Crippen LogP contribution in [0.3, 0.4) is 0 Å². The number of hydrogen-bond donors (Lipinski definition) is 2. The van der Waals surface area contributed by atoms with E-state index >= 15 is 0 Å². The Morgan fingerprint density at radius 3 is 2.28 bits per heavy atom. The Kier molecular flexibility index (Phi) is 3.87. The first-order chi connectivity index (χ1) is 8.58. The van der Waals surface area contributed by atoms with Gasteiger partial charge in [0, 0.05) is 31.9 Å². The van der Waals surface area contributed by atoms with Gasteiger partial charge in [-0.15, -0.1) is 0 Å². The summed E-state index contributed by atoms with van der Waals surface area (Å²) in [5.74, 6) is 0. The van der Waals surface area contributed by atoms with Gasteiger partial charge < -0.3 is 15.5 Å². The summed E-state index contributed by atoms with van der Waals surface area (Å²) in [5.41, 5.74) is 4.42. The van der Waals surface area contributed by atoms with Crippen LogP contribution in [0.1, 0.15) is 16.7 Å². The molecule has 2 amide bonds. The maximum absolute atomic E-state index is 12.1. The van der Waals surface area contributed by atoms with Gasteiger partial charge in [-0.05, 0) is 31.9 Å². The predicted molar refractivity (Wildman–Crippen MR) is 74.1 cm³/mol. The Bertz CT molecular complexity index is 427. The number of carbonyl (C=O) groups is 1. The van der Waals surface area contributed by atoms with Crippen LogP contribution in [0.15, 0.2) is 12.1 Å². The van der Waals surface area contributed by atoms with Crippen molar-refractivity contribution in [2.45, 2.75) is 20.8 Å². The van der Waals surface area contributed by atoms with Crippen LogP contribution in [0.25, 0.3) is 0 Å². The van der Waals surface area contributed by atoms with Crippen molar-refractivity contribution in [3.63, 3.8) is 0 Å². The second kappa shape index (κ2) is 5.40. The van der Waals surface area contributed by atoms with Crippen molar-refractivity contribution in [2.75, 3.05) is 31.5 Å². The van der Waals surface area contributed by atoms with Gasteiger partial charge >= 0.3 is 6.03 Å². The minimum Gasteiger partial charge on any atom is -0.322 e. The first kappa shape index (κ1) is 12.9. The molecule has 1 saturated heterocycles. The lowest BCUT2D eigenvalue weighted by molar-refractivity contribution is 0.204. The van der Waals surface area contributed by atoms with Crippen molar-refractivity contribution in [3.8, 4) is 0 Å². The van der Waals surface area contributed by atoms with E-state index in [1.165, 1.54) is 5.56 Å². The lowest BCUT2D eigenvalue weighted by Crippen LogP contribution is -2.48. The van der Waals surface area contributed by atoms with Crippen LogP contribution in [0, 0.1) is 20.8 Å². The number of nitrogens with zero attached hydrogens (tertiary/aromatic N) is 1. The minimum absolute atomic E-state index is 0.00607. The Labute approximate surface area is 108 Å². The van der Waals surface area contributed by atoms with Crippen molar-refractivity contribution in [1.82, 2.24) is 10.2 Å². The fourth-order valence-electron chi connectivity index (χ4n) is 2.43. The van der Waals surface area contributed by atoms with Crippen LogP contribution in [-0.4, -0.2) is 37.1 Å². The van der Waals surface area contributed by atoms with E-state index < -0.39 is 0 Å². The SMILES string of the molecule is Cc1cc(C)c(NC(=O)N2CCNCC2)c(C)c1. The molecule has 0 aliphatic carbocycles. The second-order valence-electron chi connectivity index (χ2n) is 4.94. The molecule has 0 atom stereocenters. The average Bonchev–Trinajstić information content (AvgIpc) is 2.34. The van der Waals surface area contributed by atoms with Crippen LogP contribution in [0.5, 0.6) is 0 Å². The molecule has 18 heavy (non-hydrogen) atoms. The maximum atomic E-state index is 12.1. The fraction of sp³-hybridized carbons (Fsp3) is 0.500. The van der Waals surface area contributed by atoms with E-state index in [9.17, 15) is 4.79 Å². The Balaban J connectivity index is 2.11. The molecule has 0 spiro atoms. The molecular weight excluding hydrogens is 226 g/mol. The normalized spacial score (nSPS) is 15.6. The number of nitrogens with one attached hydrogen (secondary N) is 2. The van der Waals surface area contributed by atoms with Gasteiger partial charge in [-0.2, -0.15) is 0 Å². The molecule has 2 N–H and O–H groups in total. The molecule has 4 heteroatoms. The second-order valence-corrected chi connectivity index (χ2v) is 4.94. The molecular formula is C14H21N3O. The summed E-state index contributed by atoms with van der Waals surface area (Å²) in [7, 11) is 0. The highest BCUT2D eigenvalue weighted by Crippen LogP contribution is 2.22. The highest BCUT2D eigenvalue weighted by Gasteiger charge is 2.17. The standard InChI is InChI=1S/C14H21N3O/c1-10-8-11(2)13(12(3)9-10)16-14(18)17-6-4-15-5-7-17/h8-9,15H,4-7H2,1-3H3,(H,16,18). The molecule has 0 unspecified atom stereocenters. The molecule has 0 aromatic heterocycles. The zero-order valence-electron chi connectivity index (χ0n) is 11.3. The van der Waals surface area contributed by atoms with Crippen LogP contribution in [0.4, 0.5) is 10.5 Å². The van der Waals surface area contributed by atoms with Gasteiger partial charge in [0.25, 0.3) is 0 Å². The smallest absolute Gasteiger partial charge is 0.321 e. The largest absolute Gasteiger partial charge is 0.322 e. The van der Waals surface area contributed by atoms with E-state index in [2.05, 4.69) is 29.7 Å². The quantitative estimate of drug-likeness (QED) is 0.797. The summed E-state index contributed by atoms with van der Waals surface area (Å²) in [6.07, 6.45) is 0. The molecule has 0 radical (unpaired) electrons. The first-order valence-corrected chi connectivity index (χ1v) is 6.42. The average molecular weight is 247 g/mol. The van der Waals surface area contributed by atoms with E-state index in [1.807, 2.05) is 18.7 Å². The summed E-state index contributed by atoms with van der Waals surface area (Å²) in [4.78, 5) is 14.0. The number of aryl methyl sites for hydroxylation is 3. The van der Waals surface area contributed by atoms with E-state index in [0.29, 0.717) is 0 Å². The zero-order chi connectivity index (χ0) is 13.1. The number of carbonyl (C=O) groups excluding carboxylic acids is 1. The molecule has 0 bridgehead atoms. The van der Waals surface area contributed by atoms with E-state index in [1.54, 1.807) is 0 Å². The highest BCUT2D eigenvalue weighted by atomic mass is 16.2. The number of benzene rings is 1. The molecule has 2 rings (SSSR count). The summed E-state index contributed by atoms with van der Waals surface area (Å²) in [6.45, 7) is 9.44. The van der Waals surface area contributed by atoms with Gasteiger partial charge in [0.05, 0.1) is 0 Å². The number of urea groups is 1. The minimum atomic E-state index is 0.00607. The summed E-state index contributed by atoms with van der Waals surface area (Å²) >= 11 is 0. The van der Waals surface area contributed by atoms with Crippen molar-refractivity contribution < 1.29 is 4.79 Å². The molecule has 4 nitrogen and oxygen atoms in total. The van der Waals surface area contributed by atoms with E-state index in [4.69, 9.17) is 0 Å². The van der Waals surface area contributed by atoms with Crippen LogP contribution >= 0.6 is 0 Å². The van der Waals surface area contributed by atoms with Crippen molar-refractivity contribution in [3.05, 3.63) is 28.8 Å². The topological polar surface area (TPSA) is 44.4 Å². The van der Waals surface area contributed by atoms with Crippen LogP contribution < -0.4 is 10.6 Å². The van der Waals surface area contributed by atoms with Gasteiger partial charge in [-0.3, -0.25) is 0 Å². The molecule has 1 aromatic carbocycles. The summed E-state index contributed by atoms with van der Waals surface area (Å²) in [6, 6.07) is 4.20. The zero-order valence-corrected chi connectivity index (χ0v) is 11.3. The predicted octanol–water partition coefficient (Wildman–Crippen LogP) is 2.05. The van der Waals surface area contributed by atoms with Gasteiger partial charge in [-0.25, -0.2) is 4.79 Å². The number of hydrogen-bond acceptors (Lipinski definition) is 2. The van der Waals surface area contributed by atoms with E-state index in [-0.39, 0.29) is 6.03 Å². The Morgan fingerprint density at radius 2 is 1.72 bits per heavy atom.